The van der Waals surface area contributed by atoms with Crippen molar-refractivity contribution in [3.63, 3.8) is 0 Å². The van der Waals surface area contributed by atoms with E-state index in [9.17, 15) is 14.0 Å². The lowest BCUT2D eigenvalue weighted by Crippen LogP contribution is -2.45. The predicted molar refractivity (Wildman–Crippen MR) is 88.9 cm³/mol. The minimum absolute atomic E-state index is 0.103. The third-order valence-electron chi connectivity index (χ3n) is 4.19. The molecular weight excluding hydrogens is 331 g/mol. The number of likely N-dealkylation sites (N-methyl/N-ethyl adjacent to an activating group) is 1. The van der Waals surface area contributed by atoms with Crippen molar-refractivity contribution in [2.24, 2.45) is 0 Å². The third-order valence-corrected chi connectivity index (χ3v) is 4.54. The molecule has 124 valence electrons. The molecule has 24 heavy (non-hydrogen) atoms. The number of rotatable bonds is 3. The second-order valence-corrected chi connectivity index (χ2v) is 6.14. The van der Waals surface area contributed by atoms with Gasteiger partial charge in [-0.1, -0.05) is 41.9 Å². The van der Waals surface area contributed by atoms with Crippen LogP contribution in [0.2, 0.25) is 5.02 Å². The molecule has 1 atom stereocenters. The van der Waals surface area contributed by atoms with Gasteiger partial charge in [0.2, 0.25) is 11.8 Å². The fourth-order valence-corrected chi connectivity index (χ4v) is 3.10. The largest absolute Gasteiger partial charge is 0.350 e. The number of carbonyl (C=O) groups is 2. The molecule has 4 nitrogen and oxygen atoms in total. The highest BCUT2D eigenvalue weighted by atomic mass is 35.5. The molecule has 1 aliphatic heterocycles. The lowest BCUT2D eigenvalue weighted by Gasteiger charge is -2.33. The number of nitrogens with one attached hydrogen (secondary N) is 1. The molecule has 0 aliphatic carbocycles. The summed E-state index contributed by atoms with van der Waals surface area (Å²) < 4.78 is 13.1. The normalized spacial score (nSPS) is 16.7. The molecule has 0 saturated heterocycles. The summed E-state index contributed by atoms with van der Waals surface area (Å²) in [6.45, 7) is 0.165. The van der Waals surface area contributed by atoms with Gasteiger partial charge in [-0.05, 0) is 28.8 Å². The Bertz CT molecular complexity index is 809. The van der Waals surface area contributed by atoms with Gasteiger partial charge in [-0.2, -0.15) is 0 Å². The van der Waals surface area contributed by atoms with E-state index in [2.05, 4.69) is 5.32 Å². The van der Waals surface area contributed by atoms with Crippen molar-refractivity contribution in [3.05, 3.63) is 70.0 Å². The molecule has 0 aromatic heterocycles. The molecule has 1 heterocycles. The van der Waals surface area contributed by atoms with Gasteiger partial charge in [0.05, 0.1) is 6.42 Å². The first-order chi connectivity index (χ1) is 11.5. The van der Waals surface area contributed by atoms with Crippen LogP contribution in [0.5, 0.6) is 0 Å². The van der Waals surface area contributed by atoms with E-state index in [0.717, 1.165) is 11.1 Å². The summed E-state index contributed by atoms with van der Waals surface area (Å²) in [5, 5.41) is 3.03. The van der Waals surface area contributed by atoms with Crippen LogP contribution >= 0.6 is 11.6 Å². The first kappa shape index (κ1) is 16.5. The molecule has 1 N–H and O–H groups in total. The topological polar surface area (TPSA) is 49.4 Å². The quantitative estimate of drug-likeness (QED) is 0.929. The molecule has 0 bridgehead atoms. The van der Waals surface area contributed by atoms with Crippen LogP contribution in [0.3, 0.4) is 0 Å². The summed E-state index contributed by atoms with van der Waals surface area (Å²) in [6.07, 6.45) is 0.292. The van der Waals surface area contributed by atoms with Gasteiger partial charge in [-0.25, -0.2) is 4.39 Å². The standard InChI is InChI=1S/C18H16ClFN2O2/c1-22-16(23)8-11-4-2-3-5-14(11)17(22)18(24)21-10-12-6-7-13(20)9-15(12)19/h2-7,9,17H,8,10H2,1H3,(H,21,24). The number of fused-ring (bicyclic) bond motifs is 1. The van der Waals surface area contributed by atoms with Crippen molar-refractivity contribution < 1.29 is 14.0 Å². The van der Waals surface area contributed by atoms with Crippen LogP contribution in [-0.2, 0) is 22.6 Å². The lowest BCUT2D eigenvalue weighted by atomic mass is 9.92. The molecule has 2 amide bonds. The van der Waals surface area contributed by atoms with Crippen LogP contribution in [0.15, 0.2) is 42.5 Å². The van der Waals surface area contributed by atoms with E-state index in [1.54, 1.807) is 7.05 Å². The molecule has 0 saturated carbocycles. The van der Waals surface area contributed by atoms with Gasteiger partial charge in [0.1, 0.15) is 11.9 Å². The van der Waals surface area contributed by atoms with Crippen LogP contribution in [0.25, 0.3) is 0 Å². The van der Waals surface area contributed by atoms with Crippen molar-refractivity contribution in [2.75, 3.05) is 7.05 Å². The third kappa shape index (κ3) is 3.12. The maximum absolute atomic E-state index is 13.1. The Morgan fingerprint density at radius 3 is 2.83 bits per heavy atom. The van der Waals surface area contributed by atoms with Crippen molar-refractivity contribution in [3.8, 4) is 0 Å². The average Bonchev–Trinajstić information content (AvgIpc) is 2.55. The van der Waals surface area contributed by atoms with E-state index < -0.39 is 11.9 Å². The fourth-order valence-electron chi connectivity index (χ4n) is 2.86. The molecule has 2 aromatic carbocycles. The minimum atomic E-state index is -0.679. The summed E-state index contributed by atoms with van der Waals surface area (Å²) in [6, 6.07) is 10.8. The first-order valence-electron chi connectivity index (χ1n) is 7.52. The smallest absolute Gasteiger partial charge is 0.247 e. The van der Waals surface area contributed by atoms with E-state index in [1.165, 1.54) is 23.1 Å². The van der Waals surface area contributed by atoms with E-state index in [0.29, 0.717) is 12.0 Å². The minimum Gasteiger partial charge on any atom is -0.350 e. The number of halogens is 2. The Balaban J connectivity index is 1.80. The fraction of sp³-hybridized carbons (Fsp3) is 0.222. The van der Waals surface area contributed by atoms with Gasteiger partial charge in [-0.15, -0.1) is 0 Å². The zero-order valence-corrected chi connectivity index (χ0v) is 13.8. The van der Waals surface area contributed by atoms with Gasteiger partial charge in [0.25, 0.3) is 0 Å². The SMILES string of the molecule is CN1C(=O)Cc2ccccc2C1C(=O)NCc1ccc(F)cc1Cl. The number of hydrogen-bond donors (Lipinski definition) is 1. The Hall–Kier alpha value is -2.40. The summed E-state index contributed by atoms with van der Waals surface area (Å²) in [4.78, 5) is 26.2. The monoisotopic (exact) mass is 346 g/mol. The number of nitrogens with zero attached hydrogens (tertiary/aromatic N) is 1. The molecule has 3 rings (SSSR count). The second kappa shape index (κ2) is 6.61. The highest BCUT2D eigenvalue weighted by molar-refractivity contribution is 6.31. The van der Waals surface area contributed by atoms with Crippen LogP contribution in [0, 0.1) is 5.82 Å². The van der Waals surface area contributed by atoms with Crippen molar-refractivity contribution in [1.82, 2.24) is 10.2 Å². The highest BCUT2D eigenvalue weighted by Gasteiger charge is 2.34. The first-order valence-corrected chi connectivity index (χ1v) is 7.90. The van der Waals surface area contributed by atoms with E-state index >= 15 is 0 Å². The predicted octanol–water partition coefficient (Wildman–Crippen LogP) is 2.85. The summed E-state index contributed by atoms with van der Waals surface area (Å²) >= 11 is 5.98. The molecule has 1 unspecified atom stereocenters. The van der Waals surface area contributed by atoms with Gasteiger partial charge in [0, 0.05) is 18.6 Å². The Morgan fingerprint density at radius 2 is 2.08 bits per heavy atom. The van der Waals surface area contributed by atoms with Gasteiger partial charge >= 0.3 is 0 Å². The van der Waals surface area contributed by atoms with Gasteiger partial charge in [0.15, 0.2) is 0 Å². The van der Waals surface area contributed by atoms with Crippen molar-refractivity contribution >= 4 is 23.4 Å². The van der Waals surface area contributed by atoms with E-state index in [1.807, 2.05) is 24.3 Å². The summed E-state index contributed by atoms with van der Waals surface area (Å²) in [5.41, 5.74) is 2.30. The molecular formula is C18H16ClFN2O2. The van der Waals surface area contributed by atoms with Crippen LogP contribution in [0.4, 0.5) is 4.39 Å². The Labute approximate surface area is 144 Å². The van der Waals surface area contributed by atoms with Crippen LogP contribution in [0.1, 0.15) is 22.7 Å². The number of benzene rings is 2. The van der Waals surface area contributed by atoms with Crippen LogP contribution < -0.4 is 5.32 Å². The van der Waals surface area contributed by atoms with Gasteiger partial charge < -0.3 is 10.2 Å². The molecule has 0 radical (unpaired) electrons. The molecule has 1 aliphatic rings. The number of amides is 2. The van der Waals surface area contributed by atoms with Crippen molar-refractivity contribution in [2.45, 2.75) is 19.0 Å². The zero-order valence-electron chi connectivity index (χ0n) is 13.1. The van der Waals surface area contributed by atoms with E-state index in [4.69, 9.17) is 11.6 Å². The molecule has 0 fully saturated rings. The average molecular weight is 347 g/mol. The molecule has 2 aromatic rings. The Morgan fingerprint density at radius 1 is 1.33 bits per heavy atom. The highest BCUT2D eigenvalue weighted by Crippen LogP contribution is 2.29. The lowest BCUT2D eigenvalue weighted by molar-refractivity contribution is -0.140. The van der Waals surface area contributed by atoms with E-state index in [-0.39, 0.29) is 23.4 Å². The van der Waals surface area contributed by atoms with Gasteiger partial charge in [-0.3, -0.25) is 9.59 Å². The summed E-state index contributed by atoms with van der Waals surface area (Å²) in [5.74, 6) is -0.825. The maximum Gasteiger partial charge on any atom is 0.247 e. The number of carbonyl (C=O) groups excluding carboxylic acids is 2. The maximum atomic E-state index is 13.1. The van der Waals surface area contributed by atoms with Crippen molar-refractivity contribution in [1.29, 1.82) is 0 Å². The van der Waals surface area contributed by atoms with Crippen LogP contribution in [-0.4, -0.2) is 23.8 Å². The molecule has 6 heteroatoms. The zero-order chi connectivity index (χ0) is 17.3. The number of hydrogen-bond acceptors (Lipinski definition) is 2. The Kier molecular flexibility index (Phi) is 4.53. The second-order valence-electron chi connectivity index (χ2n) is 5.74. The summed E-state index contributed by atoms with van der Waals surface area (Å²) in [7, 11) is 1.62. The molecule has 0 spiro atoms.